The molecule has 2 saturated heterocycles. The Labute approximate surface area is 175 Å². The van der Waals surface area contributed by atoms with Gasteiger partial charge in [0.05, 0.1) is 35.8 Å². The van der Waals surface area contributed by atoms with Gasteiger partial charge in [-0.1, -0.05) is 31.9 Å². The van der Waals surface area contributed by atoms with Crippen LogP contribution >= 0.6 is 0 Å². The largest absolute Gasteiger partial charge is 0.447 e. The molecule has 0 spiro atoms. The highest BCUT2D eigenvalue weighted by atomic mass is 16.7. The summed E-state index contributed by atoms with van der Waals surface area (Å²) in [6, 6.07) is 14.9. The minimum Gasteiger partial charge on any atom is -0.447 e. The topological polar surface area (TPSA) is 137 Å². The second kappa shape index (κ2) is 6.84. The fourth-order valence-corrected chi connectivity index (χ4v) is 5.62. The quantitative estimate of drug-likeness (QED) is 0.812. The normalized spacial score (nSPS) is 35.6. The van der Waals surface area contributed by atoms with Crippen LogP contribution in [-0.4, -0.2) is 11.7 Å². The Kier molecular flexibility index (Phi) is 4.54. The van der Waals surface area contributed by atoms with Gasteiger partial charge in [0.1, 0.15) is 6.10 Å². The second-order valence-electron chi connectivity index (χ2n) is 8.41. The van der Waals surface area contributed by atoms with E-state index in [-0.39, 0.29) is 5.90 Å². The van der Waals surface area contributed by atoms with Gasteiger partial charge in [0.15, 0.2) is 5.41 Å². The summed E-state index contributed by atoms with van der Waals surface area (Å²) in [4.78, 5) is 0. The Hall–Kier alpha value is -3.39. The molecular weight excluding hydrogens is 378 g/mol. The molecule has 30 heavy (non-hydrogen) atoms. The zero-order valence-electron chi connectivity index (χ0n) is 16.7. The first-order valence-electron chi connectivity index (χ1n) is 10.2. The van der Waals surface area contributed by atoms with Gasteiger partial charge in [0.2, 0.25) is 17.1 Å². The van der Waals surface area contributed by atoms with Crippen LogP contribution in [0.4, 0.5) is 0 Å². The molecule has 4 rings (SSSR count). The highest BCUT2D eigenvalue weighted by molar-refractivity contribution is 5.89. The lowest BCUT2D eigenvalue weighted by Crippen LogP contribution is -2.61. The minimum atomic E-state index is -1.94. The van der Waals surface area contributed by atoms with Crippen LogP contribution in [0, 0.1) is 73.4 Å². The molecule has 1 N–H and O–H groups in total. The van der Waals surface area contributed by atoms with Gasteiger partial charge in [-0.2, -0.15) is 21.0 Å². The highest BCUT2D eigenvalue weighted by Gasteiger charge is 2.80. The summed E-state index contributed by atoms with van der Waals surface area (Å²) >= 11 is 0. The Morgan fingerprint density at radius 3 is 2.37 bits per heavy atom. The first kappa shape index (κ1) is 19.9. The third kappa shape index (κ3) is 2.28. The summed E-state index contributed by atoms with van der Waals surface area (Å²) in [6.07, 6.45) is 2.83. The van der Waals surface area contributed by atoms with Gasteiger partial charge in [-0.05, 0) is 36.5 Å². The number of rotatable bonds is 3. The molecule has 1 saturated carbocycles. The van der Waals surface area contributed by atoms with Gasteiger partial charge in [-0.15, -0.1) is 0 Å². The van der Waals surface area contributed by atoms with E-state index in [2.05, 4.69) is 25.1 Å². The maximum Gasteiger partial charge on any atom is 0.217 e. The van der Waals surface area contributed by atoms with Crippen LogP contribution in [-0.2, 0) is 9.47 Å². The molecule has 2 heterocycles. The first-order chi connectivity index (χ1) is 14.5. The molecular formula is C23H21N5O2. The van der Waals surface area contributed by atoms with Crippen molar-refractivity contribution in [1.82, 2.24) is 0 Å². The number of hydrogen-bond donors (Lipinski definition) is 1. The van der Waals surface area contributed by atoms with Gasteiger partial charge in [-0.3, -0.25) is 5.41 Å². The summed E-state index contributed by atoms with van der Waals surface area (Å²) in [5.74, 6) is -1.75. The molecule has 5 atom stereocenters. The van der Waals surface area contributed by atoms with E-state index in [1.54, 1.807) is 24.3 Å². The van der Waals surface area contributed by atoms with Crippen molar-refractivity contribution in [3.63, 3.8) is 0 Å². The highest BCUT2D eigenvalue weighted by Crippen LogP contribution is 2.70. The summed E-state index contributed by atoms with van der Waals surface area (Å²) in [6.45, 7) is 2.10. The zero-order chi connectivity index (χ0) is 21.6. The van der Waals surface area contributed by atoms with Crippen molar-refractivity contribution >= 4 is 5.90 Å². The molecule has 1 aliphatic carbocycles. The molecule has 5 unspecified atom stereocenters. The molecule has 0 aromatic heterocycles. The van der Waals surface area contributed by atoms with Crippen LogP contribution in [0.2, 0.25) is 0 Å². The summed E-state index contributed by atoms with van der Waals surface area (Å²) < 4.78 is 12.3. The number of benzene rings is 1. The number of nitrogens with one attached hydrogen (secondary N) is 1. The van der Waals surface area contributed by atoms with Crippen molar-refractivity contribution in [3.8, 4) is 24.3 Å². The van der Waals surface area contributed by atoms with E-state index in [1.165, 1.54) is 0 Å². The van der Waals surface area contributed by atoms with Crippen molar-refractivity contribution in [2.75, 3.05) is 0 Å². The van der Waals surface area contributed by atoms with Gasteiger partial charge in [0, 0.05) is 6.42 Å². The molecule has 1 aromatic carbocycles. The molecule has 3 fully saturated rings. The first-order valence-corrected chi connectivity index (χ1v) is 10.2. The molecule has 2 bridgehead atoms. The van der Waals surface area contributed by atoms with Crippen molar-refractivity contribution in [1.29, 1.82) is 26.5 Å². The molecule has 1 aromatic rings. The van der Waals surface area contributed by atoms with Gasteiger partial charge >= 0.3 is 0 Å². The maximum atomic E-state index is 10.4. The fourth-order valence-electron chi connectivity index (χ4n) is 5.62. The Balaban J connectivity index is 1.91. The smallest absolute Gasteiger partial charge is 0.217 e. The van der Waals surface area contributed by atoms with Crippen molar-refractivity contribution in [2.45, 2.75) is 50.9 Å². The van der Waals surface area contributed by atoms with Crippen molar-refractivity contribution in [2.24, 2.45) is 22.7 Å². The molecule has 7 nitrogen and oxygen atoms in total. The van der Waals surface area contributed by atoms with Gasteiger partial charge < -0.3 is 9.47 Å². The number of nitrogens with zero attached hydrogens (tertiary/aromatic N) is 4. The predicted molar refractivity (Wildman–Crippen MR) is 104 cm³/mol. The third-order valence-corrected chi connectivity index (χ3v) is 7.06. The van der Waals surface area contributed by atoms with E-state index < -0.39 is 28.6 Å². The lowest BCUT2D eigenvalue weighted by molar-refractivity contribution is -0.299. The van der Waals surface area contributed by atoms with E-state index in [9.17, 15) is 15.8 Å². The maximum absolute atomic E-state index is 10.4. The Morgan fingerprint density at radius 1 is 1.10 bits per heavy atom. The third-order valence-electron chi connectivity index (χ3n) is 7.06. The molecule has 7 heteroatoms. The Bertz CT molecular complexity index is 1040. The summed E-state index contributed by atoms with van der Waals surface area (Å²) in [5.41, 5.74) is -2.69. The van der Waals surface area contributed by atoms with Crippen LogP contribution in [0.3, 0.4) is 0 Å². The fraction of sp³-hybridized carbons (Fsp3) is 0.522. The molecule has 2 aliphatic heterocycles. The van der Waals surface area contributed by atoms with Crippen LogP contribution < -0.4 is 0 Å². The van der Waals surface area contributed by atoms with E-state index in [1.807, 2.05) is 6.07 Å². The SMILES string of the molecule is CCCC1CCC23OC(=N)C(C#N)(C2C1)C(C#N)(C#N)C(c1ccc(C#N)cc1)O3. The molecule has 0 radical (unpaired) electrons. The van der Waals surface area contributed by atoms with Crippen LogP contribution in [0.5, 0.6) is 0 Å². The zero-order valence-corrected chi connectivity index (χ0v) is 16.7. The van der Waals surface area contributed by atoms with Gasteiger partial charge in [-0.25, -0.2) is 0 Å². The van der Waals surface area contributed by atoms with Crippen molar-refractivity contribution in [3.05, 3.63) is 35.4 Å². The van der Waals surface area contributed by atoms with E-state index in [0.29, 0.717) is 29.9 Å². The monoisotopic (exact) mass is 399 g/mol. The predicted octanol–water partition coefficient (Wildman–Crippen LogP) is 4.09. The molecule has 3 aliphatic rings. The van der Waals surface area contributed by atoms with Crippen LogP contribution in [0.25, 0.3) is 0 Å². The van der Waals surface area contributed by atoms with E-state index in [4.69, 9.17) is 20.1 Å². The number of ether oxygens (including phenoxy) is 2. The summed E-state index contributed by atoms with van der Waals surface area (Å²) in [7, 11) is 0. The van der Waals surface area contributed by atoms with E-state index >= 15 is 0 Å². The number of nitriles is 4. The van der Waals surface area contributed by atoms with Crippen LogP contribution in [0.1, 0.15) is 56.3 Å². The van der Waals surface area contributed by atoms with Gasteiger partial charge in [0.25, 0.3) is 0 Å². The minimum absolute atomic E-state index is 0.334. The molecule has 150 valence electrons. The summed E-state index contributed by atoms with van der Waals surface area (Å²) in [5, 5.41) is 48.6. The lowest BCUT2D eigenvalue weighted by atomic mass is 9.50. The Morgan fingerprint density at radius 2 is 1.80 bits per heavy atom. The standard InChI is InChI=1S/C23H21N5O2/c1-2-3-15-8-9-23-18(10-15)22(14-27,20(28)30-23)21(12-25,13-26)19(29-23)17-6-4-16(11-24)5-7-17/h4-7,15,18-19,28H,2-3,8-10H2,1H3. The molecule has 0 amide bonds. The second-order valence-corrected chi connectivity index (χ2v) is 8.41. The van der Waals surface area contributed by atoms with Crippen molar-refractivity contribution < 1.29 is 9.47 Å². The van der Waals surface area contributed by atoms with E-state index in [0.717, 1.165) is 19.3 Å². The average Bonchev–Trinajstić information content (AvgIpc) is 2.98. The van der Waals surface area contributed by atoms with Crippen LogP contribution in [0.15, 0.2) is 24.3 Å². The number of hydrogen-bond acceptors (Lipinski definition) is 7. The average molecular weight is 399 g/mol. The lowest BCUT2D eigenvalue weighted by Gasteiger charge is -2.52.